The lowest BCUT2D eigenvalue weighted by atomic mass is 10.2. The highest BCUT2D eigenvalue weighted by molar-refractivity contribution is 5.32. The normalized spacial score (nSPS) is 10.2. The molecule has 1 heterocycles. The molecule has 0 saturated carbocycles. The van der Waals surface area contributed by atoms with Gasteiger partial charge in [0.2, 0.25) is 11.9 Å². The molecule has 17 heavy (non-hydrogen) atoms. The van der Waals surface area contributed by atoms with Crippen LogP contribution in [0.25, 0.3) is 0 Å². The average Bonchev–Trinajstić information content (AvgIpc) is 2.37. The summed E-state index contributed by atoms with van der Waals surface area (Å²) in [6.07, 6.45) is 0.743. The average molecular weight is 229 g/mol. The van der Waals surface area contributed by atoms with Gasteiger partial charge in [0, 0.05) is 13.0 Å². The van der Waals surface area contributed by atoms with Crippen LogP contribution < -0.4 is 11.1 Å². The van der Waals surface area contributed by atoms with E-state index in [0.717, 1.165) is 6.42 Å². The van der Waals surface area contributed by atoms with Crippen LogP contribution in [0.1, 0.15) is 18.3 Å². The summed E-state index contributed by atoms with van der Waals surface area (Å²) in [4.78, 5) is 12.3. The summed E-state index contributed by atoms with van der Waals surface area (Å²) in [7, 11) is 0. The quantitative estimate of drug-likeness (QED) is 0.833. The molecular formula is C12H15N5. The first kappa shape index (κ1) is 11.3. The van der Waals surface area contributed by atoms with Gasteiger partial charge in [0.1, 0.15) is 5.82 Å². The number of aryl methyl sites for hydroxylation is 1. The molecule has 88 valence electrons. The Kier molecular flexibility index (Phi) is 3.49. The summed E-state index contributed by atoms with van der Waals surface area (Å²) in [6.45, 7) is 2.66. The minimum atomic E-state index is 0.257. The fourth-order valence-corrected chi connectivity index (χ4v) is 1.45. The van der Waals surface area contributed by atoms with E-state index in [-0.39, 0.29) is 5.95 Å². The van der Waals surface area contributed by atoms with E-state index < -0.39 is 0 Å². The topological polar surface area (TPSA) is 76.7 Å². The maximum absolute atomic E-state index is 5.60. The van der Waals surface area contributed by atoms with E-state index in [2.05, 4.69) is 20.3 Å². The smallest absolute Gasteiger partial charge is 0.228 e. The summed E-state index contributed by atoms with van der Waals surface area (Å²) in [5.41, 5.74) is 6.77. The zero-order valence-electron chi connectivity index (χ0n) is 9.72. The molecule has 0 unspecified atom stereocenters. The van der Waals surface area contributed by atoms with Crippen LogP contribution in [-0.2, 0) is 13.0 Å². The molecule has 2 aromatic rings. The van der Waals surface area contributed by atoms with Gasteiger partial charge in [0.05, 0.1) is 0 Å². The lowest BCUT2D eigenvalue weighted by Gasteiger charge is -2.06. The van der Waals surface area contributed by atoms with Crippen molar-refractivity contribution in [1.29, 1.82) is 0 Å². The zero-order valence-corrected chi connectivity index (χ0v) is 9.72. The monoisotopic (exact) mass is 229 g/mol. The molecule has 0 aliphatic rings. The minimum absolute atomic E-state index is 0.257. The molecule has 3 N–H and O–H groups in total. The number of nitrogens with zero attached hydrogens (tertiary/aromatic N) is 3. The standard InChI is InChI=1S/C12H15N5/c1-2-10-15-11(13)17-12(16-10)14-8-9-6-4-3-5-7-9/h3-7H,2,8H2,1H3,(H3,13,14,15,16,17). The van der Waals surface area contributed by atoms with Crippen LogP contribution in [-0.4, -0.2) is 15.0 Å². The Balaban J connectivity index is 2.06. The summed E-state index contributed by atoms with van der Waals surface area (Å²) in [6, 6.07) is 10.1. The number of hydrogen-bond donors (Lipinski definition) is 2. The van der Waals surface area contributed by atoms with Crippen LogP contribution in [0.5, 0.6) is 0 Å². The molecule has 1 aromatic carbocycles. The van der Waals surface area contributed by atoms with Crippen molar-refractivity contribution < 1.29 is 0 Å². The molecule has 0 bridgehead atoms. The number of nitrogen functional groups attached to an aromatic ring is 1. The van der Waals surface area contributed by atoms with Gasteiger partial charge in [0.25, 0.3) is 0 Å². The first-order chi connectivity index (χ1) is 8.28. The van der Waals surface area contributed by atoms with Gasteiger partial charge in [0.15, 0.2) is 0 Å². The van der Waals surface area contributed by atoms with E-state index in [4.69, 9.17) is 5.73 Å². The lowest BCUT2D eigenvalue weighted by molar-refractivity contribution is 0.899. The maximum Gasteiger partial charge on any atom is 0.228 e. The predicted octanol–water partition coefficient (Wildman–Crippen LogP) is 1.63. The van der Waals surface area contributed by atoms with Crippen molar-refractivity contribution in [3.63, 3.8) is 0 Å². The second-order valence-electron chi connectivity index (χ2n) is 3.63. The van der Waals surface area contributed by atoms with Crippen LogP contribution in [0, 0.1) is 0 Å². The van der Waals surface area contributed by atoms with Crippen molar-refractivity contribution in [3.8, 4) is 0 Å². The minimum Gasteiger partial charge on any atom is -0.368 e. The van der Waals surface area contributed by atoms with E-state index >= 15 is 0 Å². The molecule has 0 atom stereocenters. The summed E-state index contributed by atoms with van der Waals surface area (Å²) in [5.74, 6) is 1.48. The largest absolute Gasteiger partial charge is 0.368 e. The third-order valence-electron chi connectivity index (χ3n) is 2.31. The number of nitrogens with two attached hydrogens (primary N) is 1. The van der Waals surface area contributed by atoms with Crippen LogP contribution in [0.4, 0.5) is 11.9 Å². The molecule has 0 aliphatic heterocycles. The zero-order chi connectivity index (χ0) is 12.1. The number of rotatable bonds is 4. The van der Waals surface area contributed by atoms with Gasteiger partial charge in [-0.25, -0.2) is 0 Å². The van der Waals surface area contributed by atoms with Gasteiger partial charge >= 0.3 is 0 Å². The molecule has 0 aliphatic carbocycles. The van der Waals surface area contributed by atoms with E-state index in [1.165, 1.54) is 5.56 Å². The molecule has 0 saturated heterocycles. The molecule has 0 amide bonds. The van der Waals surface area contributed by atoms with Crippen molar-refractivity contribution >= 4 is 11.9 Å². The Bertz CT molecular complexity index is 484. The molecule has 0 fully saturated rings. The Hall–Kier alpha value is -2.17. The molecule has 0 radical (unpaired) electrons. The van der Waals surface area contributed by atoms with Crippen molar-refractivity contribution in [3.05, 3.63) is 41.7 Å². The second kappa shape index (κ2) is 5.25. The number of aromatic nitrogens is 3. The number of hydrogen-bond acceptors (Lipinski definition) is 5. The van der Waals surface area contributed by atoms with Gasteiger partial charge in [-0.1, -0.05) is 37.3 Å². The van der Waals surface area contributed by atoms with Crippen LogP contribution >= 0.6 is 0 Å². The van der Waals surface area contributed by atoms with Gasteiger partial charge < -0.3 is 11.1 Å². The van der Waals surface area contributed by atoms with Crippen molar-refractivity contribution in [2.45, 2.75) is 19.9 Å². The fraction of sp³-hybridized carbons (Fsp3) is 0.250. The van der Waals surface area contributed by atoms with E-state index in [0.29, 0.717) is 18.3 Å². The van der Waals surface area contributed by atoms with Gasteiger partial charge in [-0.05, 0) is 5.56 Å². The van der Waals surface area contributed by atoms with Crippen LogP contribution in [0.2, 0.25) is 0 Å². The SMILES string of the molecule is CCc1nc(N)nc(NCc2ccccc2)n1. The summed E-state index contributed by atoms with van der Waals surface area (Å²) < 4.78 is 0. The first-order valence-corrected chi connectivity index (χ1v) is 5.56. The maximum atomic E-state index is 5.60. The fourth-order valence-electron chi connectivity index (χ4n) is 1.45. The van der Waals surface area contributed by atoms with Crippen molar-refractivity contribution in [2.24, 2.45) is 0 Å². The Morgan fingerprint density at radius 2 is 1.88 bits per heavy atom. The Labute approximate surface area is 100 Å². The third kappa shape index (κ3) is 3.14. The highest BCUT2D eigenvalue weighted by Crippen LogP contribution is 2.06. The van der Waals surface area contributed by atoms with Gasteiger partial charge in [-0.2, -0.15) is 15.0 Å². The number of benzene rings is 1. The molecular weight excluding hydrogens is 214 g/mol. The van der Waals surface area contributed by atoms with E-state index in [9.17, 15) is 0 Å². The van der Waals surface area contributed by atoms with E-state index in [1.807, 2.05) is 37.3 Å². The van der Waals surface area contributed by atoms with E-state index in [1.54, 1.807) is 0 Å². The lowest BCUT2D eigenvalue weighted by Crippen LogP contribution is -2.09. The molecule has 0 spiro atoms. The molecule has 1 aromatic heterocycles. The third-order valence-corrected chi connectivity index (χ3v) is 2.31. The second-order valence-corrected chi connectivity index (χ2v) is 3.63. The highest BCUT2D eigenvalue weighted by Gasteiger charge is 2.02. The summed E-state index contributed by atoms with van der Waals surface area (Å²) >= 11 is 0. The number of nitrogens with one attached hydrogen (secondary N) is 1. The van der Waals surface area contributed by atoms with Crippen LogP contribution in [0.3, 0.4) is 0 Å². The highest BCUT2D eigenvalue weighted by atomic mass is 15.2. The summed E-state index contributed by atoms with van der Waals surface area (Å²) in [5, 5.41) is 3.13. The molecule has 5 heteroatoms. The predicted molar refractivity (Wildman–Crippen MR) is 67.4 cm³/mol. The Morgan fingerprint density at radius 3 is 2.59 bits per heavy atom. The van der Waals surface area contributed by atoms with Crippen molar-refractivity contribution in [2.75, 3.05) is 11.1 Å². The van der Waals surface area contributed by atoms with Crippen molar-refractivity contribution in [1.82, 2.24) is 15.0 Å². The molecule has 5 nitrogen and oxygen atoms in total. The van der Waals surface area contributed by atoms with Gasteiger partial charge in [-0.3, -0.25) is 0 Å². The van der Waals surface area contributed by atoms with Crippen LogP contribution in [0.15, 0.2) is 30.3 Å². The van der Waals surface area contributed by atoms with Gasteiger partial charge in [-0.15, -0.1) is 0 Å². The molecule has 2 rings (SSSR count). The first-order valence-electron chi connectivity index (χ1n) is 5.56. The Morgan fingerprint density at radius 1 is 1.12 bits per heavy atom. The number of anilines is 2.